The quantitative estimate of drug-likeness (QED) is 0.0548. The monoisotopic (exact) mass is 1620 g/mol. The van der Waals surface area contributed by atoms with E-state index in [0.717, 1.165) is 84.0 Å². The largest absolute Gasteiger partial charge is 0.492 e. The zero-order valence-electron chi connectivity index (χ0n) is 68.8. The Morgan fingerprint density at radius 3 is 1.41 bits per heavy atom. The van der Waals surface area contributed by atoms with Crippen molar-refractivity contribution in [3.05, 3.63) is 188 Å². The van der Waals surface area contributed by atoms with Gasteiger partial charge in [0.05, 0.1) is 98.4 Å². The number of ether oxygens (including phenoxy) is 6. The molecule has 2 saturated heterocycles. The molecule has 6 aromatic heterocycles. The maximum atomic E-state index is 13.8. The average molecular weight is 1620 g/mol. The smallest absolute Gasteiger partial charge is 0.342 e. The number of pyridine rings is 3. The van der Waals surface area contributed by atoms with Crippen LogP contribution < -0.4 is 24.3 Å². The molecule has 2 fully saturated rings. The lowest BCUT2D eigenvalue weighted by Crippen LogP contribution is -2.37. The number of amides is 4. The van der Waals surface area contributed by atoms with Crippen LogP contribution in [0, 0.1) is 12.7 Å². The summed E-state index contributed by atoms with van der Waals surface area (Å²) in [6.45, 7) is 33.2. The highest BCUT2D eigenvalue weighted by atomic mass is 35.5. The van der Waals surface area contributed by atoms with E-state index in [4.69, 9.17) is 56.6 Å². The summed E-state index contributed by atoms with van der Waals surface area (Å²) in [4.78, 5) is 115. The Bertz CT molecular complexity index is 5260. The van der Waals surface area contributed by atoms with Gasteiger partial charge >= 0.3 is 11.9 Å². The number of fused-ring (bicyclic) bond motifs is 9. The van der Waals surface area contributed by atoms with E-state index in [-0.39, 0.29) is 65.4 Å². The molecule has 116 heavy (non-hydrogen) atoms. The van der Waals surface area contributed by atoms with E-state index in [2.05, 4.69) is 53.9 Å². The van der Waals surface area contributed by atoms with Gasteiger partial charge in [-0.15, -0.1) is 0 Å². The molecule has 0 unspecified atom stereocenters. The summed E-state index contributed by atoms with van der Waals surface area (Å²) in [7, 11) is 3.05. The topological polar surface area (TPSA) is 272 Å². The number of nitrogens with one attached hydrogen (secondary N) is 4. The fourth-order valence-corrected chi connectivity index (χ4v) is 16.1. The van der Waals surface area contributed by atoms with E-state index >= 15 is 0 Å². The molecule has 14 rings (SSSR count). The molecule has 5 aliphatic rings. The number of aryl methyl sites for hydroxylation is 1. The van der Waals surface area contributed by atoms with Gasteiger partial charge in [-0.05, 0) is 191 Å². The van der Waals surface area contributed by atoms with Gasteiger partial charge in [0.15, 0.2) is 0 Å². The molecular weight excluding hydrogens is 1520 g/mol. The van der Waals surface area contributed by atoms with E-state index < -0.39 is 34.0 Å². The Kier molecular flexibility index (Phi) is 26.2. The summed E-state index contributed by atoms with van der Waals surface area (Å²) in [5, 5.41) is 3.82. The van der Waals surface area contributed by atoms with E-state index in [0.29, 0.717) is 104 Å². The number of carbonyl (C=O) groups excluding carboxylic acids is 6. The molecular formula is C89H105Cl2FN12O12. The molecule has 0 aliphatic carbocycles. The highest BCUT2D eigenvalue weighted by Crippen LogP contribution is 2.45. The lowest BCUT2D eigenvalue weighted by molar-refractivity contribution is -0.141. The van der Waals surface area contributed by atoms with Crippen molar-refractivity contribution in [1.29, 1.82) is 0 Å². The van der Waals surface area contributed by atoms with Crippen molar-refractivity contribution in [1.82, 2.24) is 59.7 Å². The summed E-state index contributed by atoms with van der Waals surface area (Å²) in [5.74, 6) is -0.316. The molecule has 0 atom stereocenters. The van der Waals surface area contributed by atoms with Gasteiger partial charge in [0, 0.05) is 119 Å². The molecule has 9 aromatic rings. The number of hydrogen-bond donors (Lipinski definition) is 4. The van der Waals surface area contributed by atoms with Gasteiger partial charge < -0.3 is 63.4 Å². The number of likely N-dealkylation sites (tertiary alicyclic amines) is 2. The lowest BCUT2D eigenvalue weighted by atomic mass is 9.82. The van der Waals surface area contributed by atoms with Crippen LogP contribution in [0.3, 0.4) is 0 Å². The van der Waals surface area contributed by atoms with Crippen LogP contribution in [0.15, 0.2) is 116 Å². The first-order valence-corrected chi connectivity index (χ1v) is 40.5. The van der Waals surface area contributed by atoms with Crippen molar-refractivity contribution < 1.29 is 61.6 Å². The number of aromatic nitrogens is 6. The molecule has 24 nitrogen and oxygen atoms in total. The van der Waals surface area contributed by atoms with Crippen LogP contribution in [-0.4, -0.2) is 195 Å². The van der Waals surface area contributed by atoms with Gasteiger partial charge in [-0.25, -0.2) is 23.9 Å². The molecule has 0 saturated carbocycles. The van der Waals surface area contributed by atoms with Crippen molar-refractivity contribution >= 4 is 109 Å². The van der Waals surface area contributed by atoms with Crippen molar-refractivity contribution in [3.8, 4) is 23.3 Å². The first-order valence-electron chi connectivity index (χ1n) is 39.7. The van der Waals surface area contributed by atoms with Gasteiger partial charge in [0.2, 0.25) is 11.8 Å². The third kappa shape index (κ3) is 19.2. The van der Waals surface area contributed by atoms with Crippen LogP contribution in [0.25, 0.3) is 49.8 Å². The summed E-state index contributed by atoms with van der Waals surface area (Å²) in [6.07, 6.45) is 13.3. The molecule has 27 heteroatoms. The number of piperidine rings is 2. The molecule has 3 aromatic carbocycles. The standard InChI is InChI=1S/C32H40N4O5.C31H38ClN5O3.C26H27ClFN3O4/c1-21(2)41-31(38)24-19-36(20-32(3,4)27-28(24)33-25-13-14-26(39-5)34-29(25)27)30(37)22-9-11-23(12-10-22)40-18-17-35-15-7-6-8-16-35;1-20(2)34-29(38)24-18-37(19-31(3,4)26-27(24)35-25-16-22(32)17-33-28(25)26)30(39)21-8-10-23(11-9-21)40-15-14-36-12-6-5-7-13-36;1-13(2)35-25(33)16-11-31(24(32)15-7-8-18(28)14(3)9-15)12-26(4,5)20-21(16)29-19-10-17(27)23(34-6)30-22(19)20/h9-14,19,21,33H,6-8,15-18,20H2,1-5H3;8-11,16-18,20,35H,5-7,12-15,19H2,1-4H3,(H,34,38);7-11,13,29H,12H2,1-6H3. The summed E-state index contributed by atoms with van der Waals surface area (Å²) >= 11 is 12.5. The fraction of sp³-hybridized carbons (Fsp3) is 0.427. The van der Waals surface area contributed by atoms with Gasteiger partial charge in [-0.3, -0.25) is 34.0 Å². The van der Waals surface area contributed by atoms with Crippen LogP contribution >= 0.6 is 23.2 Å². The SMILES string of the molecule is CC(C)NC(=O)C1=CN(C(=O)c2ccc(OCCN3CCCCC3)cc2)CC(C)(C)c2c1[nH]c1cc(Cl)cnc21.COc1ccc2[nH]c3c(c2n1)C(C)(C)CN(C(=O)c1ccc(OCCN2CCCCC2)cc1)C=C3C(=O)OC(C)C.COc1nc2c3c([nH]c2cc1Cl)C(C(=O)OC(C)C)=CN(C(=O)c1ccc(F)c(C)c1)CC3(C)C. The average Bonchev–Trinajstić information content (AvgIpc) is 1.60. The molecule has 0 spiro atoms. The van der Waals surface area contributed by atoms with Crippen LogP contribution in [0.4, 0.5) is 4.39 Å². The van der Waals surface area contributed by atoms with Crippen LogP contribution in [0.2, 0.25) is 10.0 Å². The summed E-state index contributed by atoms with van der Waals surface area (Å²) in [5.41, 5.74) is 9.23. The van der Waals surface area contributed by atoms with Gasteiger partial charge in [0.1, 0.15) is 35.6 Å². The first-order chi connectivity index (χ1) is 55.2. The second-order valence-corrected chi connectivity index (χ2v) is 33.8. The molecule has 614 valence electrons. The van der Waals surface area contributed by atoms with Crippen molar-refractivity contribution in [2.24, 2.45) is 0 Å². The minimum absolute atomic E-state index is 0.0725. The minimum Gasteiger partial charge on any atom is -0.492 e. The Morgan fingerprint density at radius 1 is 0.517 bits per heavy atom. The maximum absolute atomic E-state index is 13.8. The normalized spacial score (nSPS) is 16.6. The summed E-state index contributed by atoms with van der Waals surface area (Å²) < 4.78 is 47.6. The van der Waals surface area contributed by atoms with Crippen molar-refractivity contribution in [2.45, 2.75) is 163 Å². The Hall–Kier alpha value is -10.6. The molecule has 0 radical (unpaired) electrons. The minimum atomic E-state index is -0.652. The Balaban J connectivity index is 0.000000161. The van der Waals surface area contributed by atoms with Crippen LogP contribution in [0.5, 0.6) is 23.3 Å². The molecule has 4 N–H and O–H groups in total. The van der Waals surface area contributed by atoms with Crippen molar-refractivity contribution in [3.63, 3.8) is 0 Å². The second-order valence-electron chi connectivity index (χ2n) is 32.9. The van der Waals surface area contributed by atoms with E-state index in [1.54, 1.807) is 107 Å². The van der Waals surface area contributed by atoms with Crippen LogP contribution in [0.1, 0.15) is 192 Å². The lowest BCUT2D eigenvalue weighted by Gasteiger charge is -2.29. The molecule has 5 aliphatic heterocycles. The zero-order valence-corrected chi connectivity index (χ0v) is 70.3. The van der Waals surface area contributed by atoms with Crippen molar-refractivity contribution in [2.75, 3.05) is 86.3 Å². The maximum Gasteiger partial charge on any atom is 0.342 e. The number of aromatic amines is 3. The Labute approximate surface area is 686 Å². The van der Waals surface area contributed by atoms with E-state index in [1.165, 1.54) is 74.9 Å². The van der Waals surface area contributed by atoms with Gasteiger partial charge in [-0.2, -0.15) is 0 Å². The highest BCUT2D eigenvalue weighted by molar-refractivity contribution is 6.32. The van der Waals surface area contributed by atoms with Gasteiger partial charge in [0.25, 0.3) is 23.6 Å². The number of nitrogens with zero attached hydrogens (tertiary/aromatic N) is 8. The number of esters is 2. The third-order valence-corrected chi connectivity index (χ3v) is 21.6. The van der Waals surface area contributed by atoms with Crippen LogP contribution in [-0.2, 0) is 40.1 Å². The number of rotatable bonds is 19. The number of carbonyl (C=O) groups is 6. The zero-order chi connectivity index (χ0) is 83.2. The number of H-pyrrole nitrogens is 3. The molecule has 11 heterocycles. The predicted molar refractivity (Wildman–Crippen MR) is 449 cm³/mol. The number of hydrogen-bond acceptors (Lipinski definition) is 17. The first kappa shape index (κ1) is 84.8. The fourth-order valence-electron chi connectivity index (χ4n) is 15.7. The van der Waals surface area contributed by atoms with Gasteiger partial charge in [-0.1, -0.05) is 77.6 Å². The summed E-state index contributed by atoms with van der Waals surface area (Å²) in [6, 6.07) is 25.8. The van der Waals surface area contributed by atoms with E-state index in [1.807, 2.05) is 77.9 Å². The predicted octanol–water partition coefficient (Wildman–Crippen LogP) is 15.9. The Morgan fingerprint density at radius 2 is 0.948 bits per heavy atom. The molecule has 0 bridgehead atoms. The van der Waals surface area contributed by atoms with E-state index in [9.17, 15) is 33.2 Å². The third-order valence-electron chi connectivity index (χ3n) is 21.1. The molecule has 4 amide bonds. The number of benzene rings is 3. The highest BCUT2D eigenvalue weighted by Gasteiger charge is 2.43. The number of halogens is 3. The second kappa shape index (κ2) is 35.9. The number of methoxy groups -OCH3 is 2.